The molecule has 0 radical (unpaired) electrons. The van der Waals surface area contributed by atoms with Crippen molar-refractivity contribution in [2.24, 2.45) is 5.92 Å². The number of alkyl carbamates (subject to hydrolysis) is 1. The van der Waals surface area contributed by atoms with Gasteiger partial charge in [0.1, 0.15) is 16.9 Å². The molecule has 3 atom stereocenters. The van der Waals surface area contributed by atoms with Gasteiger partial charge in [0.15, 0.2) is 0 Å². The van der Waals surface area contributed by atoms with Crippen LogP contribution in [-0.4, -0.2) is 38.8 Å². The summed E-state index contributed by atoms with van der Waals surface area (Å²) < 4.78 is 19.9. The molecule has 1 aliphatic carbocycles. The van der Waals surface area contributed by atoms with E-state index in [0.29, 0.717) is 23.7 Å². The van der Waals surface area contributed by atoms with Gasteiger partial charge >= 0.3 is 6.09 Å². The fourth-order valence-electron chi connectivity index (χ4n) is 4.90. The minimum atomic E-state index is -0.575. The number of ether oxygens (including phenoxy) is 1. The van der Waals surface area contributed by atoms with E-state index in [9.17, 15) is 14.0 Å². The monoisotopic (exact) mass is 505 g/mol. The molecule has 1 saturated carbocycles. The van der Waals surface area contributed by atoms with Crippen LogP contribution in [0.4, 0.5) is 14.9 Å². The maximum absolute atomic E-state index is 14.5. The minimum Gasteiger partial charge on any atom is -0.444 e. The Morgan fingerprint density at radius 1 is 1.16 bits per heavy atom. The zero-order valence-electron chi connectivity index (χ0n) is 21.5. The lowest BCUT2D eigenvalue weighted by Crippen LogP contribution is -2.42. The summed E-state index contributed by atoms with van der Waals surface area (Å²) in [4.78, 5) is 29.9. The molecule has 0 unspecified atom stereocenters. The smallest absolute Gasteiger partial charge is 0.407 e. The van der Waals surface area contributed by atoms with Gasteiger partial charge in [-0.05, 0) is 87.8 Å². The molecule has 2 aromatic heterocycles. The van der Waals surface area contributed by atoms with Crippen LogP contribution in [0.15, 0.2) is 43.2 Å². The highest BCUT2D eigenvalue weighted by atomic mass is 19.1. The molecule has 2 amide bonds. The summed E-state index contributed by atoms with van der Waals surface area (Å²) in [6.07, 6.45) is 6.77. The Bertz CT molecular complexity index is 1340. The number of pyridine rings is 1. The number of anilines is 1. The zero-order valence-corrected chi connectivity index (χ0v) is 21.5. The lowest BCUT2D eigenvalue weighted by Gasteiger charge is -2.35. The average Bonchev–Trinajstić information content (AvgIpc) is 2.82. The highest BCUT2D eigenvalue weighted by molar-refractivity contribution is 6.12. The Labute approximate surface area is 215 Å². The summed E-state index contributed by atoms with van der Waals surface area (Å²) in [6, 6.07) is 5.98. The van der Waals surface area contributed by atoms with Gasteiger partial charge in [-0.3, -0.25) is 9.78 Å². The van der Waals surface area contributed by atoms with Crippen molar-refractivity contribution in [1.29, 1.82) is 0 Å². The van der Waals surface area contributed by atoms with Crippen molar-refractivity contribution in [2.45, 2.75) is 64.5 Å². The molecule has 8 nitrogen and oxygen atoms in total. The first kappa shape index (κ1) is 26.2. The molecule has 0 spiro atoms. The van der Waals surface area contributed by atoms with Crippen molar-refractivity contribution in [2.75, 3.05) is 5.32 Å². The molecule has 2 heterocycles. The van der Waals surface area contributed by atoms with Crippen LogP contribution in [0.5, 0.6) is 0 Å². The first-order valence-corrected chi connectivity index (χ1v) is 12.4. The summed E-state index contributed by atoms with van der Waals surface area (Å²) in [5.41, 5.74) is 1.71. The molecule has 9 heteroatoms. The molecular formula is C28H32FN5O3. The quantitative estimate of drug-likeness (QED) is 0.450. The van der Waals surface area contributed by atoms with Gasteiger partial charge < -0.3 is 15.4 Å². The van der Waals surface area contributed by atoms with Gasteiger partial charge in [0.05, 0.1) is 23.1 Å². The number of carbonyl (C=O) groups excluding carboxylic acids is 2. The number of rotatable bonds is 5. The van der Waals surface area contributed by atoms with Gasteiger partial charge in [0, 0.05) is 17.6 Å². The first-order chi connectivity index (χ1) is 17.5. The van der Waals surface area contributed by atoms with E-state index in [1.54, 1.807) is 12.4 Å². The minimum absolute atomic E-state index is 0.0595. The second kappa shape index (κ2) is 10.6. The first-order valence-electron chi connectivity index (χ1n) is 12.4. The van der Waals surface area contributed by atoms with E-state index < -0.39 is 23.4 Å². The standard InChI is InChI=1S/C28H32FN5O3/c1-6-18-14-22-23(29)8-7-21(25(22)34-33-18)26(35)32-24-15-30-10-9-20(24)17-11-16(2)12-19(13-17)31-27(36)37-28(3,4)5/h6-10,14-17,19H,1,11-13H2,2-5H3,(H,31,36)(H,32,35)/t16-,17+,19-/m0/s1. The second-order valence-electron chi connectivity index (χ2n) is 10.6. The fourth-order valence-corrected chi connectivity index (χ4v) is 4.90. The molecule has 4 rings (SSSR count). The van der Waals surface area contributed by atoms with Gasteiger partial charge in [-0.25, -0.2) is 9.18 Å². The van der Waals surface area contributed by atoms with Gasteiger partial charge in [0.2, 0.25) is 0 Å². The maximum Gasteiger partial charge on any atom is 0.407 e. The maximum atomic E-state index is 14.5. The highest BCUT2D eigenvalue weighted by Gasteiger charge is 2.31. The van der Waals surface area contributed by atoms with E-state index in [2.05, 4.69) is 39.3 Å². The van der Waals surface area contributed by atoms with Crippen molar-refractivity contribution < 1.29 is 18.7 Å². The van der Waals surface area contributed by atoms with E-state index in [1.165, 1.54) is 24.3 Å². The van der Waals surface area contributed by atoms with Gasteiger partial charge in [-0.2, -0.15) is 5.10 Å². The lowest BCUT2D eigenvalue weighted by molar-refractivity contribution is 0.0482. The molecule has 1 fully saturated rings. The van der Waals surface area contributed by atoms with Gasteiger partial charge in [-0.1, -0.05) is 13.5 Å². The molecule has 0 bridgehead atoms. The normalized spacial score (nSPS) is 19.8. The number of amides is 2. The summed E-state index contributed by atoms with van der Waals surface area (Å²) >= 11 is 0. The van der Waals surface area contributed by atoms with Crippen LogP contribution in [-0.2, 0) is 4.74 Å². The number of nitrogens with zero attached hydrogens (tertiary/aromatic N) is 3. The van der Waals surface area contributed by atoms with Gasteiger partial charge in [0.25, 0.3) is 5.91 Å². The summed E-state index contributed by atoms with van der Waals surface area (Å²) in [5, 5.41) is 14.2. The Morgan fingerprint density at radius 2 is 1.95 bits per heavy atom. The summed E-state index contributed by atoms with van der Waals surface area (Å²) in [6.45, 7) is 11.3. The van der Waals surface area contributed by atoms with Crippen molar-refractivity contribution in [1.82, 2.24) is 20.5 Å². The van der Waals surface area contributed by atoms with Gasteiger partial charge in [-0.15, -0.1) is 5.10 Å². The molecule has 2 N–H and O–H groups in total. The molecule has 37 heavy (non-hydrogen) atoms. The van der Waals surface area contributed by atoms with Crippen LogP contribution in [0, 0.1) is 11.7 Å². The van der Waals surface area contributed by atoms with Crippen molar-refractivity contribution in [3.63, 3.8) is 0 Å². The molecule has 1 aromatic carbocycles. The Balaban J connectivity index is 1.57. The van der Waals surface area contributed by atoms with Crippen LogP contribution in [0.2, 0.25) is 0 Å². The largest absolute Gasteiger partial charge is 0.444 e. The van der Waals surface area contributed by atoms with E-state index >= 15 is 0 Å². The SMILES string of the molecule is C=Cc1cc2c(F)ccc(C(=O)Nc3cnccc3[C@@H]3C[C@H](C)C[C@H](NC(=O)OC(C)(C)C)C3)c2nn1. The third-order valence-corrected chi connectivity index (χ3v) is 6.38. The third-order valence-electron chi connectivity index (χ3n) is 6.38. The number of hydrogen-bond acceptors (Lipinski definition) is 6. The van der Waals surface area contributed by atoms with Crippen molar-refractivity contribution in [3.05, 3.63) is 65.9 Å². The third kappa shape index (κ3) is 6.28. The Morgan fingerprint density at radius 3 is 2.68 bits per heavy atom. The molecular weight excluding hydrogens is 473 g/mol. The Kier molecular flexibility index (Phi) is 7.52. The molecule has 3 aromatic rings. The number of nitrogens with one attached hydrogen (secondary N) is 2. The summed E-state index contributed by atoms with van der Waals surface area (Å²) in [7, 11) is 0. The Hall–Kier alpha value is -3.88. The predicted octanol–water partition coefficient (Wildman–Crippen LogP) is 5.86. The van der Waals surface area contributed by atoms with Crippen molar-refractivity contribution >= 4 is 34.7 Å². The average molecular weight is 506 g/mol. The van der Waals surface area contributed by atoms with Crippen LogP contribution < -0.4 is 10.6 Å². The van der Waals surface area contributed by atoms with E-state index in [-0.39, 0.29) is 28.4 Å². The number of benzene rings is 1. The fraction of sp³-hybridized carbons (Fsp3) is 0.393. The van der Waals surface area contributed by atoms with Crippen LogP contribution in [0.25, 0.3) is 17.0 Å². The number of carbonyl (C=O) groups is 2. The van der Waals surface area contributed by atoms with E-state index in [1.807, 2.05) is 26.8 Å². The predicted molar refractivity (Wildman–Crippen MR) is 141 cm³/mol. The van der Waals surface area contributed by atoms with E-state index in [0.717, 1.165) is 18.4 Å². The second-order valence-corrected chi connectivity index (χ2v) is 10.6. The number of hydrogen-bond donors (Lipinski definition) is 2. The number of halogens is 1. The zero-order chi connectivity index (χ0) is 26.7. The molecule has 1 aliphatic rings. The van der Waals surface area contributed by atoms with Crippen LogP contribution in [0.1, 0.15) is 74.5 Å². The van der Waals surface area contributed by atoms with Crippen molar-refractivity contribution in [3.8, 4) is 0 Å². The van der Waals surface area contributed by atoms with E-state index in [4.69, 9.17) is 4.74 Å². The number of fused-ring (bicyclic) bond motifs is 1. The molecule has 194 valence electrons. The van der Waals surface area contributed by atoms with Crippen LogP contribution in [0.3, 0.4) is 0 Å². The van der Waals surface area contributed by atoms with Crippen LogP contribution >= 0.6 is 0 Å². The summed E-state index contributed by atoms with van der Waals surface area (Å²) in [5.74, 6) is -0.494. The topological polar surface area (TPSA) is 106 Å². The molecule has 0 aliphatic heterocycles. The lowest BCUT2D eigenvalue weighted by atomic mass is 9.76. The molecule has 0 saturated heterocycles. The number of aromatic nitrogens is 3. The highest BCUT2D eigenvalue weighted by Crippen LogP contribution is 2.39.